The molecule has 0 aromatic heterocycles. The number of hydrogen-bond acceptors (Lipinski definition) is 4. The van der Waals surface area contributed by atoms with Crippen molar-refractivity contribution in [1.82, 2.24) is 16.0 Å². The van der Waals surface area contributed by atoms with Gasteiger partial charge in [0.05, 0.1) is 0 Å². The maximum absolute atomic E-state index is 11.9. The predicted octanol–water partition coefficient (Wildman–Crippen LogP) is 2.04. The van der Waals surface area contributed by atoms with Crippen molar-refractivity contribution in [1.29, 1.82) is 0 Å². The Morgan fingerprint density at radius 1 is 1.00 bits per heavy atom. The van der Waals surface area contributed by atoms with Crippen LogP contribution in [0.1, 0.15) is 33.6 Å². The highest BCUT2D eigenvalue weighted by Gasteiger charge is 2.27. The molecule has 7 nitrogen and oxygen atoms in total. The van der Waals surface area contributed by atoms with E-state index < -0.39 is 24.5 Å². The molecule has 10 heteroatoms. The summed E-state index contributed by atoms with van der Waals surface area (Å²) in [5.41, 5.74) is -0.530. The third-order valence-corrected chi connectivity index (χ3v) is 2.56. The number of amides is 1. The van der Waals surface area contributed by atoms with Gasteiger partial charge < -0.3 is 25.4 Å². The molecule has 0 aliphatic carbocycles. The summed E-state index contributed by atoms with van der Waals surface area (Å²) >= 11 is 0. The number of nitrogens with one attached hydrogen (secondary N) is 3. The Balaban J connectivity index is 3.65. The fraction of sp³-hybridized carbons (Fsp3) is 0.867. The van der Waals surface area contributed by atoms with Gasteiger partial charge in [-0.3, -0.25) is 4.99 Å². The number of nitrogens with zero attached hydrogens (tertiary/aromatic N) is 1. The van der Waals surface area contributed by atoms with E-state index >= 15 is 0 Å². The predicted molar refractivity (Wildman–Crippen MR) is 89.7 cm³/mol. The summed E-state index contributed by atoms with van der Waals surface area (Å²) in [6, 6.07) is 0. The van der Waals surface area contributed by atoms with Crippen molar-refractivity contribution in [3.8, 4) is 0 Å². The van der Waals surface area contributed by atoms with Crippen LogP contribution < -0.4 is 16.0 Å². The molecule has 0 aliphatic heterocycles. The Kier molecular flexibility index (Phi) is 11.0. The SMILES string of the molecule is CN=C(NCCCNC(=O)OC(C)(C)C)NCCCOCC(F)(F)F. The molecule has 1 amide bonds. The first kappa shape index (κ1) is 23.3. The second-order valence-electron chi connectivity index (χ2n) is 6.23. The molecule has 0 rings (SSSR count). The van der Waals surface area contributed by atoms with E-state index in [2.05, 4.69) is 25.7 Å². The van der Waals surface area contributed by atoms with Crippen molar-refractivity contribution < 1.29 is 27.4 Å². The van der Waals surface area contributed by atoms with Gasteiger partial charge in [-0.05, 0) is 33.6 Å². The topological polar surface area (TPSA) is 84.0 Å². The first-order valence-corrected chi connectivity index (χ1v) is 8.09. The van der Waals surface area contributed by atoms with Gasteiger partial charge in [-0.15, -0.1) is 0 Å². The fourth-order valence-electron chi connectivity index (χ4n) is 1.59. The van der Waals surface area contributed by atoms with Crippen molar-refractivity contribution in [3.63, 3.8) is 0 Å². The van der Waals surface area contributed by atoms with Crippen LogP contribution in [0.4, 0.5) is 18.0 Å². The summed E-state index contributed by atoms with van der Waals surface area (Å²) in [4.78, 5) is 15.4. The highest BCUT2D eigenvalue weighted by molar-refractivity contribution is 5.79. The standard InChI is InChI=1S/C15H29F3N4O3/c1-14(2,3)25-13(23)22-8-5-7-20-12(19-4)21-9-6-10-24-11-15(16,17)18/h5-11H2,1-4H3,(H,22,23)(H2,19,20,21). The van der Waals surface area contributed by atoms with E-state index in [1.807, 2.05) is 0 Å². The monoisotopic (exact) mass is 370 g/mol. The normalized spacial score (nSPS) is 12.7. The van der Waals surface area contributed by atoms with Crippen LogP contribution >= 0.6 is 0 Å². The summed E-state index contributed by atoms with van der Waals surface area (Å²) in [7, 11) is 1.59. The first-order chi connectivity index (χ1) is 11.5. The van der Waals surface area contributed by atoms with Crippen LogP contribution in [0.3, 0.4) is 0 Å². The smallest absolute Gasteiger partial charge is 0.411 e. The van der Waals surface area contributed by atoms with Gasteiger partial charge in [0.15, 0.2) is 5.96 Å². The molecule has 25 heavy (non-hydrogen) atoms. The molecule has 148 valence electrons. The van der Waals surface area contributed by atoms with Gasteiger partial charge in [0.2, 0.25) is 0 Å². The molecular formula is C15H29F3N4O3. The molecule has 0 aliphatic rings. The Morgan fingerprint density at radius 2 is 1.56 bits per heavy atom. The largest absolute Gasteiger partial charge is 0.444 e. The van der Waals surface area contributed by atoms with Crippen LogP contribution in [-0.2, 0) is 9.47 Å². The lowest BCUT2D eigenvalue weighted by Gasteiger charge is -2.19. The number of hydrogen-bond donors (Lipinski definition) is 3. The Morgan fingerprint density at radius 3 is 2.08 bits per heavy atom. The molecule has 0 fully saturated rings. The molecular weight excluding hydrogens is 341 g/mol. The van der Waals surface area contributed by atoms with E-state index in [0.717, 1.165) is 0 Å². The molecule has 0 spiro atoms. The second-order valence-corrected chi connectivity index (χ2v) is 6.23. The number of alkyl carbamates (subject to hydrolysis) is 1. The Labute approximate surface area is 146 Å². The zero-order valence-corrected chi connectivity index (χ0v) is 15.3. The summed E-state index contributed by atoms with van der Waals surface area (Å²) in [5, 5.41) is 8.64. The van der Waals surface area contributed by atoms with Crippen molar-refractivity contribution in [2.75, 3.05) is 39.9 Å². The molecule has 0 atom stereocenters. The minimum absolute atomic E-state index is 0.0172. The van der Waals surface area contributed by atoms with Gasteiger partial charge in [-0.25, -0.2) is 4.79 Å². The molecule has 0 saturated heterocycles. The average molecular weight is 370 g/mol. The van der Waals surface area contributed by atoms with E-state index in [9.17, 15) is 18.0 Å². The maximum Gasteiger partial charge on any atom is 0.411 e. The number of rotatable bonds is 9. The van der Waals surface area contributed by atoms with Crippen molar-refractivity contribution in [3.05, 3.63) is 0 Å². The van der Waals surface area contributed by atoms with Crippen LogP contribution in [0.5, 0.6) is 0 Å². The Bertz CT molecular complexity index is 410. The van der Waals surface area contributed by atoms with Crippen molar-refractivity contribution in [2.45, 2.75) is 45.4 Å². The lowest BCUT2D eigenvalue weighted by atomic mass is 10.2. The summed E-state index contributed by atoms with van der Waals surface area (Å²) in [6.07, 6.45) is -3.67. The van der Waals surface area contributed by atoms with Gasteiger partial charge >= 0.3 is 12.3 Å². The van der Waals surface area contributed by atoms with Crippen LogP contribution in [0.2, 0.25) is 0 Å². The van der Waals surface area contributed by atoms with Crippen LogP contribution in [0.15, 0.2) is 4.99 Å². The third-order valence-electron chi connectivity index (χ3n) is 2.56. The molecule has 0 radical (unpaired) electrons. The first-order valence-electron chi connectivity index (χ1n) is 8.09. The third kappa shape index (κ3) is 16.9. The minimum Gasteiger partial charge on any atom is -0.444 e. The number of halogens is 3. The molecule has 0 aromatic carbocycles. The van der Waals surface area contributed by atoms with Gasteiger partial charge in [0, 0.05) is 33.3 Å². The lowest BCUT2D eigenvalue weighted by molar-refractivity contribution is -0.173. The van der Waals surface area contributed by atoms with Gasteiger partial charge in [-0.1, -0.05) is 0 Å². The highest BCUT2D eigenvalue weighted by Crippen LogP contribution is 2.14. The highest BCUT2D eigenvalue weighted by atomic mass is 19.4. The molecule has 0 bridgehead atoms. The van der Waals surface area contributed by atoms with E-state index in [4.69, 9.17) is 4.74 Å². The van der Waals surface area contributed by atoms with Crippen LogP contribution in [0.25, 0.3) is 0 Å². The van der Waals surface area contributed by atoms with Crippen molar-refractivity contribution >= 4 is 12.1 Å². The van der Waals surface area contributed by atoms with E-state index in [1.54, 1.807) is 27.8 Å². The Hall–Kier alpha value is -1.71. The van der Waals surface area contributed by atoms with Crippen LogP contribution in [0, 0.1) is 0 Å². The summed E-state index contributed by atoms with van der Waals surface area (Å²) < 4.78 is 45.2. The number of aliphatic imine (C=N–C) groups is 1. The number of carbonyl (C=O) groups excluding carboxylic acids is 1. The molecule has 0 aromatic rings. The lowest BCUT2D eigenvalue weighted by Crippen LogP contribution is -2.39. The average Bonchev–Trinajstić information content (AvgIpc) is 2.45. The number of guanidine groups is 1. The quantitative estimate of drug-likeness (QED) is 0.329. The fourth-order valence-corrected chi connectivity index (χ4v) is 1.59. The van der Waals surface area contributed by atoms with Crippen molar-refractivity contribution in [2.24, 2.45) is 4.99 Å². The van der Waals surface area contributed by atoms with Gasteiger partial charge in [-0.2, -0.15) is 13.2 Å². The van der Waals surface area contributed by atoms with E-state index in [-0.39, 0.29) is 6.61 Å². The van der Waals surface area contributed by atoms with Gasteiger partial charge in [0.25, 0.3) is 0 Å². The molecule has 0 heterocycles. The molecule has 0 unspecified atom stereocenters. The molecule has 0 saturated carbocycles. The number of carbonyl (C=O) groups is 1. The minimum atomic E-state index is -4.29. The zero-order chi connectivity index (χ0) is 19.3. The second kappa shape index (κ2) is 11.8. The summed E-state index contributed by atoms with van der Waals surface area (Å²) in [6.45, 7) is 5.61. The number of ether oxygens (including phenoxy) is 2. The summed E-state index contributed by atoms with van der Waals surface area (Å²) in [5.74, 6) is 0.535. The van der Waals surface area contributed by atoms with E-state index in [1.165, 1.54) is 0 Å². The number of alkyl halides is 3. The molecule has 3 N–H and O–H groups in total. The van der Waals surface area contributed by atoms with Crippen LogP contribution in [-0.4, -0.2) is 63.7 Å². The van der Waals surface area contributed by atoms with Gasteiger partial charge in [0.1, 0.15) is 12.2 Å². The maximum atomic E-state index is 11.9. The van der Waals surface area contributed by atoms with E-state index in [0.29, 0.717) is 38.4 Å². The zero-order valence-electron chi connectivity index (χ0n) is 15.3.